The van der Waals surface area contributed by atoms with E-state index in [9.17, 15) is 18.0 Å². The molecule has 0 bridgehead atoms. The molecular weight excluding hydrogens is 495 g/mol. The van der Waals surface area contributed by atoms with Crippen LogP contribution in [-0.4, -0.2) is 70.2 Å². The molecule has 1 saturated carbocycles. The zero-order valence-electron chi connectivity index (χ0n) is 20.2. The first kappa shape index (κ1) is 25.1. The van der Waals surface area contributed by atoms with Gasteiger partial charge in [0, 0.05) is 55.6 Å². The quantitative estimate of drug-likeness (QED) is 0.571. The van der Waals surface area contributed by atoms with Crippen molar-refractivity contribution in [2.24, 2.45) is 5.41 Å². The Morgan fingerprint density at radius 1 is 1.08 bits per heavy atom. The van der Waals surface area contributed by atoms with Crippen LogP contribution in [0.2, 0.25) is 5.02 Å². The number of amides is 1. The lowest BCUT2D eigenvalue weighted by Gasteiger charge is -2.58. The lowest BCUT2D eigenvalue weighted by atomic mass is 9.61. The number of nitrogens with zero attached hydrogens (tertiary/aromatic N) is 5. The van der Waals surface area contributed by atoms with Crippen molar-refractivity contribution in [1.82, 2.24) is 19.8 Å². The van der Waals surface area contributed by atoms with Crippen LogP contribution in [0.25, 0.3) is 0 Å². The zero-order chi connectivity index (χ0) is 25.7. The summed E-state index contributed by atoms with van der Waals surface area (Å²) in [6, 6.07) is 7.52. The summed E-state index contributed by atoms with van der Waals surface area (Å²) in [5, 5.41) is 0.737. The number of ether oxygens (including phenoxy) is 1. The van der Waals surface area contributed by atoms with Gasteiger partial charge in [-0.15, -0.1) is 0 Å². The maximum absolute atomic E-state index is 13.0. The molecule has 1 spiro atoms. The number of likely N-dealkylation sites (tertiary alicyclic amines) is 1. The first-order chi connectivity index (χ1) is 17.0. The Bertz CT molecular complexity index is 1070. The smallest absolute Gasteiger partial charge is 0.419 e. The molecule has 7 nitrogen and oxygen atoms in total. The Morgan fingerprint density at radius 2 is 1.67 bits per heavy atom. The third-order valence-electron chi connectivity index (χ3n) is 7.40. The fourth-order valence-corrected chi connectivity index (χ4v) is 5.92. The zero-order valence-corrected chi connectivity index (χ0v) is 21.0. The average Bonchev–Trinajstić information content (AvgIpc) is 2.76. The minimum Gasteiger partial charge on any atom is -0.446 e. The van der Waals surface area contributed by atoms with Crippen LogP contribution in [0.4, 0.5) is 23.9 Å². The molecule has 2 atom stereocenters. The van der Waals surface area contributed by atoms with Gasteiger partial charge in [0.05, 0.1) is 17.6 Å². The molecule has 1 aromatic carbocycles. The van der Waals surface area contributed by atoms with E-state index >= 15 is 0 Å². The van der Waals surface area contributed by atoms with Gasteiger partial charge in [-0.2, -0.15) is 13.2 Å². The summed E-state index contributed by atoms with van der Waals surface area (Å²) in [7, 11) is 0. The third-order valence-corrected chi connectivity index (χ3v) is 7.66. The summed E-state index contributed by atoms with van der Waals surface area (Å²) in [5.41, 5.74) is 0.598. The Hall–Kier alpha value is -2.59. The highest BCUT2D eigenvalue weighted by atomic mass is 35.5. The van der Waals surface area contributed by atoms with Crippen molar-refractivity contribution in [1.29, 1.82) is 0 Å². The van der Waals surface area contributed by atoms with Gasteiger partial charge in [-0.05, 0) is 44.4 Å². The predicted octanol–water partition coefficient (Wildman–Crippen LogP) is 4.85. The number of halogens is 4. The van der Waals surface area contributed by atoms with Crippen molar-refractivity contribution >= 4 is 23.6 Å². The molecule has 194 valence electrons. The van der Waals surface area contributed by atoms with Gasteiger partial charge >= 0.3 is 12.3 Å². The molecule has 11 heteroatoms. The normalized spacial score (nSPS) is 24.4. The van der Waals surface area contributed by atoms with Gasteiger partial charge in [-0.25, -0.2) is 14.8 Å². The van der Waals surface area contributed by atoms with Crippen LogP contribution in [0.5, 0.6) is 0 Å². The SMILES string of the molecule is C[C@@H]1CN(c2ncc(C(F)(F)F)cn2)C[C@H](C)N1C(=O)OC1CC2(C1)CN(Cc1ccc(Cl)cc1)C2. The summed E-state index contributed by atoms with van der Waals surface area (Å²) in [4.78, 5) is 26.7. The van der Waals surface area contributed by atoms with Crippen molar-refractivity contribution in [2.75, 3.05) is 31.1 Å². The van der Waals surface area contributed by atoms with E-state index in [1.165, 1.54) is 5.56 Å². The number of piperazine rings is 1. The van der Waals surface area contributed by atoms with E-state index in [1.807, 2.05) is 38.1 Å². The second-order valence-corrected chi connectivity index (χ2v) is 10.9. The number of rotatable bonds is 4. The molecule has 0 radical (unpaired) electrons. The van der Waals surface area contributed by atoms with Crippen LogP contribution in [-0.2, 0) is 17.5 Å². The van der Waals surface area contributed by atoms with Crippen molar-refractivity contribution < 1.29 is 22.7 Å². The van der Waals surface area contributed by atoms with Crippen molar-refractivity contribution in [3.05, 3.63) is 52.8 Å². The average molecular weight is 524 g/mol. The summed E-state index contributed by atoms with van der Waals surface area (Å²) >= 11 is 5.96. The van der Waals surface area contributed by atoms with Gasteiger partial charge in [0.2, 0.25) is 5.95 Å². The van der Waals surface area contributed by atoms with Gasteiger partial charge in [-0.1, -0.05) is 23.7 Å². The molecule has 1 aromatic heterocycles. The highest BCUT2D eigenvalue weighted by Gasteiger charge is 2.54. The van der Waals surface area contributed by atoms with Crippen molar-refractivity contribution in [3.63, 3.8) is 0 Å². The highest BCUT2D eigenvalue weighted by Crippen LogP contribution is 2.50. The number of carbonyl (C=O) groups excluding carboxylic acids is 1. The number of hydrogen-bond donors (Lipinski definition) is 0. The van der Waals surface area contributed by atoms with Gasteiger partial charge in [0.25, 0.3) is 0 Å². The molecular formula is C25H29ClF3N5O2. The highest BCUT2D eigenvalue weighted by molar-refractivity contribution is 6.30. The molecule has 0 N–H and O–H groups in total. The summed E-state index contributed by atoms with van der Waals surface area (Å²) in [6.07, 6.45) is -1.55. The third kappa shape index (κ3) is 5.11. The van der Waals surface area contributed by atoms with Crippen molar-refractivity contribution in [3.8, 4) is 0 Å². The molecule has 1 amide bonds. The molecule has 3 heterocycles. The maximum atomic E-state index is 13.0. The van der Waals surface area contributed by atoms with E-state index in [1.54, 1.807) is 9.80 Å². The molecule has 1 aliphatic carbocycles. The predicted molar refractivity (Wildman–Crippen MR) is 129 cm³/mol. The van der Waals surface area contributed by atoms with E-state index in [4.69, 9.17) is 16.3 Å². The lowest BCUT2D eigenvalue weighted by Crippen LogP contribution is -2.65. The molecule has 36 heavy (non-hydrogen) atoms. The Morgan fingerprint density at radius 3 is 2.22 bits per heavy atom. The summed E-state index contributed by atoms with van der Waals surface area (Å²) in [6.45, 7) is 7.53. The van der Waals surface area contributed by atoms with E-state index in [0.717, 1.165) is 49.9 Å². The largest absolute Gasteiger partial charge is 0.446 e. The van der Waals surface area contributed by atoms with E-state index < -0.39 is 11.7 Å². The number of carbonyl (C=O) groups is 1. The number of benzene rings is 1. The first-order valence-corrected chi connectivity index (χ1v) is 12.5. The van der Waals surface area contributed by atoms with Gasteiger partial charge < -0.3 is 9.64 Å². The first-order valence-electron chi connectivity index (χ1n) is 12.1. The Balaban J connectivity index is 1.09. The molecule has 3 aliphatic rings. The Labute approximate surface area is 213 Å². The number of aromatic nitrogens is 2. The maximum Gasteiger partial charge on any atom is 0.419 e. The van der Waals surface area contributed by atoms with Gasteiger partial charge in [0.15, 0.2) is 0 Å². The number of alkyl halides is 3. The van der Waals surface area contributed by atoms with E-state index in [0.29, 0.717) is 13.1 Å². The van der Waals surface area contributed by atoms with Crippen LogP contribution >= 0.6 is 11.6 Å². The molecule has 0 unspecified atom stereocenters. The minimum atomic E-state index is -4.48. The van der Waals surface area contributed by atoms with Crippen LogP contribution in [0.3, 0.4) is 0 Å². The Kier molecular flexibility index (Phi) is 6.53. The van der Waals surface area contributed by atoms with E-state index in [-0.39, 0.29) is 35.6 Å². The second kappa shape index (κ2) is 9.37. The molecule has 2 saturated heterocycles. The van der Waals surface area contributed by atoms with Crippen LogP contribution in [0.1, 0.15) is 37.8 Å². The number of anilines is 1. The second-order valence-electron chi connectivity index (χ2n) is 10.5. The lowest BCUT2D eigenvalue weighted by molar-refractivity contribution is -0.138. The van der Waals surface area contributed by atoms with Crippen LogP contribution < -0.4 is 4.90 Å². The molecule has 2 aromatic rings. The monoisotopic (exact) mass is 523 g/mol. The van der Waals surface area contributed by atoms with E-state index in [2.05, 4.69) is 14.9 Å². The molecule has 3 fully saturated rings. The fraction of sp³-hybridized carbons (Fsp3) is 0.560. The number of hydrogen-bond acceptors (Lipinski definition) is 6. The standard InChI is InChI=1S/C25H29ClF3N5O2/c1-16-11-33(22-30-9-19(10-31-22)25(27,28)29)12-17(2)34(16)23(35)36-21-7-24(8-21)14-32(15-24)13-18-3-5-20(26)6-4-18/h3-6,9-10,16-17,21H,7-8,11-15H2,1-2H3/t16-,17+. The van der Waals surface area contributed by atoms with Crippen molar-refractivity contribution in [2.45, 2.75) is 57.6 Å². The summed E-state index contributed by atoms with van der Waals surface area (Å²) in [5.74, 6) is 0.226. The molecule has 2 aliphatic heterocycles. The summed E-state index contributed by atoms with van der Waals surface area (Å²) < 4.78 is 44.2. The van der Waals surface area contributed by atoms with Crippen LogP contribution in [0.15, 0.2) is 36.7 Å². The minimum absolute atomic E-state index is 0.0779. The fourth-order valence-electron chi connectivity index (χ4n) is 5.79. The van der Waals surface area contributed by atoms with Gasteiger partial charge in [-0.3, -0.25) is 9.80 Å². The topological polar surface area (TPSA) is 61.8 Å². The molecule has 5 rings (SSSR count). The van der Waals surface area contributed by atoms with Crippen LogP contribution in [0, 0.1) is 5.41 Å². The van der Waals surface area contributed by atoms with Gasteiger partial charge in [0.1, 0.15) is 6.10 Å².